The molecule has 0 aliphatic heterocycles. The molecule has 0 unspecified atom stereocenters. The van der Waals surface area contributed by atoms with E-state index in [-0.39, 0.29) is 16.0 Å². The SMILES string of the molecule is CC(C)c1ccccc1Sc1ccc(-c2ccnc(Cl)c2)cc1C(F)(F)F. The molecule has 1 heterocycles. The molecule has 1 nitrogen and oxygen atoms in total. The van der Waals surface area contributed by atoms with Crippen LogP contribution in [0, 0.1) is 0 Å². The summed E-state index contributed by atoms with van der Waals surface area (Å²) < 4.78 is 41.2. The van der Waals surface area contributed by atoms with E-state index in [9.17, 15) is 13.2 Å². The Labute approximate surface area is 165 Å². The van der Waals surface area contributed by atoms with Crippen LogP contribution < -0.4 is 0 Å². The van der Waals surface area contributed by atoms with Crippen LogP contribution in [0.25, 0.3) is 11.1 Å². The Kier molecular flexibility index (Phi) is 5.82. The molecule has 27 heavy (non-hydrogen) atoms. The molecule has 0 aliphatic carbocycles. The topological polar surface area (TPSA) is 12.9 Å². The van der Waals surface area contributed by atoms with Crippen LogP contribution in [0.5, 0.6) is 0 Å². The minimum Gasteiger partial charge on any atom is -0.245 e. The third kappa shape index (κ3) is 4.66. The highest BCUT2D eigenvalue weighted by atomic mass is 35.5. The Morgan fingerprint density at radius 3 is 2.30 bits per heavy atom. The van der Waals surface area contributed by atoms with Crippen molar-refractivity contribution in [1.29, 1.82) is 0 Å². The zero-order chi connectivity index (χ0) is 19.6. The van der Waals surface area contributed by atoms with Crippen molar-refractivity contribution in [3.63, 3.8) is 0 Å². The Morgan fingerprint density at radius 1 is 0.926 bits per heavy atom. The normalized spacial score (nSPS) is 11.8. The number of nitrogens with zero attached hydrogens (tertiary/aromatic N) is 1. The molecule has 0 spiro atoms. The average Bonchev–Trinajstić information content (AvgIpc) is 2.61. The summed E-state index contributed by atoms with van der Waals surface area (Å²) in [6.07, 6.45) is -2.98. The van der Waals surface area contributed by atoms with Gasteiger partial charge < -0.3 is 0 Å². The third-order valence-electron chi connectivity index (χ3n) is 4.11. The molecule has 0 saturated heterocycles. The molecule has 0 fully saturated rings. The zero-order valence-corrected chi connectivity index (χ0v) is 16.3. The fraction of sp³-hybridized carbons (Fsp3) is 0.190. The summed E-state index contributed by atoms with van der Waals surface area (Å²) in [5.74, 6) is 0.223. The Hall–Kier alpha value is -1.98. The lowest BCUT2D eigenvalue weighted by Crippen LogP contribution is -2.07. The number of benzene rings is 2. The first-order valence-electron chi connectivity index (χ1n) is 8.35. The number of rotatable bonds is 4. The lowest BCUT2D eigenvalue weighted by molar-refractivity contribution is -0.139. The number of hydrogen-bond acceptors (Lipinski definition) is 2. The first-order valence-corrected chi connectivity index (χ1v) is 9.55. The van der Waals surface area contributed by atoms with Crippen molar-refractivity contribution < 1.29 is 13.2 Å². The highest BCUT2D eigenvalue weighted by Crippen LogP contribution is 2.43. The lowest BCUT2D eigenvalue weighted by Gasteiger charge is -2.17. The second kappa shape index (κ2) is 7.95. The number of pyridine rings is 1. The Balaban J connectivity index is 2.06. The summed E-state index contributed by atoms with van der Waals surface area (Å²) in [5, 5.41) is 0.241. The maximum absolute atomic E-state index is 13.7. The summed E-state index contributed by atoms with van der Waals surface area (Å²) >= 11 is 7.02. The van der Waals surface area contributed by atoms with Gasteiger partial charge in [-0.25, -0.2) is 4.98 Å². The van der Waals surface area contributed by atoms with Gasteiger partial charge in [0.25, 0.3) is 0 Å². The second-order valence-electron chi connectivity index (χ2n) is 6.37. The standard InChI is InChI=1S/C21H17ClF3NS/c1-13(2)16-5-3-4-6-18(16)27-19-8-7-14(11-17(19)21(23,24)25)15-9-10-26-20(22)12-15/h3-13H,1-2H3. The van der Waals surface area contributed by atoms with Crippen LogP contribution in [0.15, 0.2) is 70.6 Å². The van der Waals surface area contributed by atoms with Crippen LogP contribution in [-0.4, -0.2) is 4.98 Å². The van der Waals surface area contributed by atoms with Gasteiger partial charge in [0.15, 0.2) is 0 Å². The monoisotopic (exact) mass is 407 g/mol. The van der Waals surface area contributed by atoms with Crippen molar-refractivity contribution in [3.05, 3.63) is 77.1 Å². The molecule has 1 aromatic heterocycles. The number of halogens is 4. The average molecular weight is 408 g/mol. The fourth-order valence-corrected chi connectivity index (χ4v) is 4.17. The predicted octanol–water partition coefficient (Wildman–Crippen LogP) is 7.70. The molecule has 0 N–H and O–H groups in total. The molecule has 0 amide bonds. The van der Waals surface area contributed by atoms with Crippen LogP contribution in [-0.2, 0) is 6.18 Å². The van der Waals surface area contributed by atoms with E-state index < -0.39 is 11.7 Å². The molecule has 0 bridgehead atoms. The molecule has 6 heteroatoms. The van der Waals surface area contributed by atoms with Gasteiger partial charge in [0.1, 0.15) is 5.15 Å². The van der Waals surface area contributed by atoms with Crippen LogP contribution in [0.4, 0.5) is 13.2 Å². The van der Waals surface area contributed by atoms with E-state index in [2.05, 4.69) is 4.98 Å². The van der Waals surface area contributed by atoms with Crippen LogP contribution in [0.1, 0.15) is 30.9 Å². The fourth-order valence-electron chi connectivity index (χ4n) is 2.77. The van der Waals surface area contributed by atoms with Gasteiger partial charge in [-0.3, -0.25) is 0 Å². The van der Waals surface area contributed by atoms with Crippen LogP contribution in [0.2, 0.25) is 5.15 Å². The molecule has 0 saturated carbocycles. The van der Waals surface area contributed by atoms with E-state index in [4.69, 9.17) is 11.6 Å². The summed E-state index contributed by atoms with van der Waals surface area (Å²) in [5.41, 5.74) is 1.42. The molecule has 2 aromatic carbocycles. The summed E-state index contributed by atoms with van der Waals surface area (Å²) in [4.78, 5) is 4.89. The van der Waals surface area contributed by atoms with Gasteiger partial charge in [-0.15, -0.1) is 0 Å². The van der Waals surface area contributed by atoms with Crippen LogP contribution >= 0.6 is 23.4 Å². The predicted molar refractivity (Wildman–Crippen MR) is 104 cm³/mol. The second-order valence-corrected chi connectivity index (χ2v) is 7.84. The first-order chi connectivity index (χ1) is 12.8. The van der Waals surface area contributed by atoms with Gasteiger partial charge in [-0.05, 0) is 52.9 Å². The van der Waals surface area contributed by atoms with E-state index in [1.165, 1.54) is 18.3 Å². The van der Waals surface area contributed by atoms with Gasteiger partial charge in [-0.1, -0.05) is 61.5 Å². The molecule has 3 aromatic rings. The van der Waals surface area contributed by atoms with E-state index in [1.54, 1.807) is 18.2 Å². The van der Waals surface area contributed by atoms with E-state index in [0.29, 0.717) is 11.1 Å². The van der Waals surface area contributed by atoms with Crippen molar-refractivity contribution in [3.8, 4) is 11.1 Å². The van der Waals surface area contributed by atoms with E-state index in [1.807, 2.05) is 38.1 Å². The van der Waals surface area contributed by atoms with Gasteiger partial charge in [0.05, 0.1) is 5.56 Å². The van der Waals surface area contributed by atoms with Crippen molar-refractivity contribution in [1.82, 2.24) is 4.98 Å². The Morgan fingerprint density at radius 2 is 1.63 bits per heavy atom. The lowest BCUT2D eigenvalue weighted by atomic mass is 10.0. The minimum absolute atomic E-state index is 0.180. The highest BCUT2D eigenvalue weighted by Gasteiger charge is 2.34. The number of hydrogen-bond donors (Lipinski definition) is 0. The van der Waals surface area contributed by atoms with Crippen molar-refractivity contribution >= 4 is 23.4 Å². The summed E-state index contributed by atoms with van der Waals surface area (Å²) in [6.45, 7) is 4.06. The van der Waals surface area contributed by atoms with E-state index >= 15 is 0 Å². The Bertz CT molecular complexity index is 954. The molecule has 0 radical (unpaired) electrons. The molecule has 140 valence electrons. The molecule has 3 rings (SSSR count). The number of alkyl halides is 3. The van der Waals surface area contributed by atoms with Gasteiger partial charge in [0, 0.05) is 16.0 Å². The smallest absolute Gasteiger partial charge is 0.245 e. The van der Waals surface area contributed by atoms with Gasteiger partial charge >= 0.3 is 6.18 Å². The summed E-state index contributed by atoms with van der Waals surface area (Å²) in [6, 6.07) is 15.1. The molecule has 0 aliphatic rings. The van der Waals surface area contributed by atoms with Crippen molar-refractivity contribution in [2.75, 3.05) is 0 Å². The molecular formula is C21H17ClF3NS. The van der Waals surface area contributed by atoms with Crippen molar-refractivity contribution in [2.45, 2.75) is 35.7 Å². The molecular weight excluding hydrogens is 391 g/mol. The third-order valence-corrected chi connectivity index (χ3v) is 5.48. The highest BCUT2D eigenvalue weighted by molar-refractivity contribution is 7.99. The van der Waals surface area contributed by atoms with Crippen molar-refractivity contribution in [2.24, 2.45) is 0 Å². The van der Waals surface area contributed by atoms with Gasteiger partial charge in [-0.2, -0.15) is 13.2 Å². The van der Waals surface area contributed by atoms with Crippen LogP contribution in [0.3, 0.4) is 0 Å². The van der Waals surface area contributed by atoms with E-state index in [0.717, 1.165) is 22.2 Å². The van der Waals surface area contributed by atoms with Gasteiger partial charge in [0.2, 0.25) is 0 Å². The zero-order valence-electron chi connectivity index (χ0n) is 14.7. The minimum atomic E-state index is -4.46. The number of aromatic nitrogens is 1. The first kappa shape index (κ1) is 19.8. The summed E-state index contributed by atoms with van der Waals surface area (Å²) in [7, 11) is 0. The maximum Gasteiger partial charge on any atom is 0.417 e. The maximum atomic E-state index is 13.7. The quantitative estimate of drug-likeness (QED) is 0.411. The molecule has 0 atom stereocenters. The largest absolute Gasteiger partial charge is 0.417 e.